The highest BCUT2D eigenvalue weighted by atomic mass is 16.7. The van der Waals surface area contributed by atoms with Gasteiger partial charge in [0.15, 0.2) is 0 Å². The molecule has 0 aromatic heterocycles. The van der Waals surface area contributed by atoms with Crippen LogP contribution in [0.25, 0.3) is 0 Å². The molecule has 4 saturated carbocycles. The first-order chi connectivity index (χ1) is 12.0. The molecule has 4 N–H and O–H groups in total. The molecule has 0 aromatic carbocycles. The van der Waals surface area contributed by atoms with Gasteiger partial charge in [-0.05, 0) is 80.5 Å². The van der Waals surface area contributed by atoms with Crippen LogP contribution in [0.2, 0.25) is 0 Å². The first-order valence-corrected chi connectivity index (χ1v) is 10.5. The van der Waals surface area contributed by atoms with Gasteiger partial charge in [-0.3, -0.25) is 4.79 Å². The van der Waals surface area contributed by atoms with Crippen molar-refractivity contribution in [3.8, 4) is 0 Å². The highest BCUT2D eigenvalue weighted by molar-refractivity contribution is 5.92. The third kappa shape index (κ3) is 2.33. The highest BCUT2D eigenvalue weighted by Gasteiger charge is 2.68. The van der Waals surface area contributed by atoms with Gasteiger partial charge in [0.2, 0.25) is 0 Å². The summed E-state index contributed by atoms with van der Waals surface area (Å²) in [6, 6.07) is 0. The maximum Gasteiger partial charge on any atom is 0.342 e. The zero-order chi connectivity index (χ0) is 19.0. The molecular formula is C21H34O5. The second-order valence-electron chi connectivity index (χ2n) is 10.2. The second kappa shape index (κ2) is 5.76. The molecule has 5 nitrogen and oxygen atoms in total. The smallest absolute Gasteiger partial charge is 0.342 e. The van der Waals surface area contributed by atoms with E-state index >= 15 is 0 Å². The molecule has 4 fully saturated rings. The molecule has 0 heterocycles. The lowest BCUT2D eigenvalue weighted by Gasteiger charge is -2.61. The van der Waals surface area contributed by atoms with Crippen LogP contribution in [0, 0.1) is 34.5 Å². The zero-order valence-electron chi connectivity index (χ0n) is 16.1. The van der Waals surface area contributed by atoms with Gasteiger partial charge >= 0.3 is 5.97 Å². The van der Waals surface area contributed by atoms with Crippen molar-refractivity contribution < 1.29 is 25.2 Å². The van der Waals surface area contributed by atoms with E-state index in [1.165, 1.54) is 32.1 Å². The summed E-state index contributed by atoms with van der Waals surface area (Å²) >= 11 is 0. The molecule has 5 heteroatoms. The molecule has 4 aliphatic carbocycles. The lowest BCUT2D eigenvalue weighted by atomic mass is 9.44. The molecule has 0 saturated heterocycles. The SMILES string of the molecule is C[C@]12CCCC[C@H]1CC[C@@H]1[C@@H]2CC[C@@]2(C)[C@H]1CC[C@]2(O)C(=O)C(O)(O)O. The standard InChI is InChI=1S/C21H34O5/c1-18-10-4-3-5-13(18)6-7-14-15(18)8-11-19(2)16(14)9-12-20(19,23)17(22)21(24,25)26/h13-16,23-26H,3-12H2,1-2H3/t13-,14+,15-,16-,18-,19-,20-/m0/s1. The lowest BCUT2D eigenvalue weighted by Crippen LogP contribution is -2.62. The fraction of sp³-hybridized carbons (Fsp3) is 0.952. The van der Waals surface area contributed by atoms with E-state index < -0.39 is 22.8 Å². The Hall–Kier alpha value is -0.490. The molecular weight excluding hydrogens is 332 g/mol. The molecule has 0 radical (unpaired) electrons. The number of hydrogen-bond donors (Lipinski definition) is 4. The first-order valence-electron chi connectivity index (χ1n) is 10.5. The van der Waals surface area contributed by atoms with Gasteiger partial charge in [-0.2, -0.15) is 0 Å². The molecule has 0 amide bonds. The minimum Gasteiger partial charge on any atom is -0.381 e. The molecule has 26 heavy (non-hydrogen) atoms. The quantitative estimate of drug-likeness (QED) is 0.563. The van der Waals surface area contributed by atoms with Gasteiger partial charge < -0.3 is 20.4 Å². The van der Waals surface area contributed by atoms with Crippen LogP contribution < -0.4 is 0 Å². The normalized spacial score (nSPS) is 51.3. The van der Waals surface area contributed by atoms with Crippen molar-refractivity contribution in [1.82, 2.24) is 0 Å². The maximum atomic E-state index is 12.5. The molecule has 0 spiro atoms. The van der Waals surface area contributed by atoms with E-state index in [0.29, 0.717) is 23.7 Å². The number of Topliss-reactive ketones (excluding diaryl/α,β-unsaturated/α-hetero) is 1. The summed E-state index contributed by atoms with van der Waals surface area (Å²) in [5, 5.41) is 39.5. The van der Waals surface area contributed by atoms with Crippen LogP contribution in [0.1, 0.15) is 78.1 Å². The number of hydrogen-bond acceptors (Lipinski definition) is 5. The van der Waals surface area contributed by atoms with Gasteiger partial charge in [0.1, 0.15) is 5.60 Å². The van der Waals surface area contributed by atoms with Crippen molar-refractivity contribution in [3.63, 3.8) is 0 Å². The van der Waals surface area contributed by atoms with E-state index in [1.54, 1.807) is 0 Å². The number of carbonyl (C=O) groups is 1. The van der Waals surface area contributed by atoms with Gasteiger partial charge in [0.05, 0.1) is 0 Å². The average molecular weight is 366 g/mol. The second-order valence-corrected chi connectivity index (χ2v) is 10.2. The Kier molecular flexibility index (Phi) is 4.17. The predicted molar refractivity (Wildman–Crippen MR) is 95.7 cm³/mol. The topological polar surface area (TPSA) is 98.0 Å². The van der Waals surface area contributed by atoms with Gasteiger partial charge in [-0.25, -0.2) is 0 Å². The highest BCUT2D eigenvalue weighted by Crippen LogP contribution is 2.68. The summed E-state index contributed by atoms with van der Waals surface area (Å²) in [6.45, 7) is 4.41. The van der Waals surface area contributed by atoms with Crippen LogP contribution in [-0.2, 0) is 4.79 Å². The van der Waals surface area contributed by atoms with Crippen molar-refractivity contribution >= 4 is 5.78 Å². The van der Waals surface area contributed by atoms with Crippen LogP contribution in [0.4, 0.5) is 0 Å². The monoisotopic (exact) mass is 366 g/mol. The van der Waals surface area contributed by atoms with Gasteiger partial charge in [0, 0.05) is 5.41 Å². The van der Waals surface area contributed by atoms with Crippen molar-refractivity contribution in [2.24, 2.45) is 34.5 Å². The third-order valence-corrected chi connectivity index (χ3v) is 9.42. The number of carbonyl (C=O) groups excluding carboxylic acids is 1. The van der Waals surface area contributed by atoms with E-state index in [4.69, 9.17) is 0 Å². The summed E-state index contributed by atoms with van der Waals surface area (Å²) in [5.74, 6) is -2.57. The van der Waals surface area contributed by atoms with E-state index in [-0.39, 0.29) is 12.3 Å². The fourth-order valence-corrected chi connectivity index (χ4v) is 7.96. The van der Waals surface area contributed by atoms with Gasteiger partial charge in [-0.15, -0.1) is 0 Å². The first kappa shape index (κ1) is 18.9. The predicted octanol–water partition coefficient (Wildman–Crippen LogP) is 2.35. The van der Waals surface area contributed by atoms with E-state index in [1.807, 2.05) is 6.92 Å². The van der Waals surface area contributed by atoms with Crippen LogP contribution in [0.15, 0.2) is 0 Å². The fourth-order valence-electron chi connectivity index (χ4n) is 7.96. The van der Waals surface area contributed by atoms with Crippen LogP contribution in [0.5, 0.6) is 0 Å². The maximum absolute atomic E-state index is 12.5. The molecule has 4 aliphatic rings. The van der Waals surface area contributed by atoms with Crippen LogP contribution in [0.3, 0.4) is 0 Å². The number of rotatable bonds is 2. The summed E-state index contributed by atoms with van der Waals surface area (Å²) in [5.41, 5.74) is -2.17. The minimum absolute atomic E-state index is 0.206. The molecule has 0 unspecified atom stereocenters. The van der Waals surface area contributed by atoms with Crippen molar-refractivity contribution in [2.45, 2.75) is 89.6 Å². The average Bonchev–Trinajstić information content (AvgIpc) is 2.85. The van der Waals surface area contributed by atoms with Crippen LogP contribution in [-0.4, -0.2) is 37.8 Å². The molecule has 7 atom stereocenters. The number of ketones is 1. The molecule has 4 rings (SSSR count). The van der Waals surface area contributed by atoms with Crippen molar-refractivity contribution in [3.05, 3.63) is 0 Å². The van der Waals surface area contributed by atoms with E-state index in [9.17, 15) is 25.2 Å². The Labute approximate surface area is 155 Å². The molecule has 0 bridgehead atoms. The Morgan fingerprint density at radius 1 is 0.885 bits per heavy atom. The molecule has 148 valence electrons. The minimum atomic E-state index is -3.46. The number of fused-ring (bicyclic) bond motifs is 5. The van der Waals surface area contributed by atoms with Crippen molar-refractivity contribution in [2.75, 3.05) is 0 Å². The Bertz CT molecular complexity index is 598. The lowest BCUT2D eigenvalue weighted by molar-refractivity contribution is -0.301. The number of aliphatic hydroxyl groups is 4. The molecule has 0 aromatic rings. The summed E-state index contributed by atoms with van der Waals surface area (Å²) in [6.07, 6.45) is 10.3. The summed E-state index contributed by atoms with van der Waals surface area (Å²) < 4.78 is 0. The third-order valence-electron chi connectivity index (χ3n) is 9.42. The summed E-state index contributed by atoms with van der Waals surface area (Å²) in [4.78, 5) is 12.5. The van der Waals surface area contributed by atoms with Crippen LogP contribution >= 0.6 is 0 Å². The zero-order valence-corrected chi connectivity index (χ0v) is 16.1. The Balaban J connectivity index is 1.65. The Morgan fingerprint density at radius 3 is 2.27 bits per heavy atom. The van der Waals surface area contributed by atoms with E-state index in [2.05, 4.69) is 6.92 Å². The van der Waals surface area contributed by atoms with Crippen molar-refractivity contribution in [1.29, 1.82) is 0 Å². The molecule has 0 aliphatic heterocycles. The summed E-state index contributed by atoms with van der Waals surface area (Å²) in [7, 11) is 0. The Morgan fingerprint density at radius 2 is 1.58 bits per heavy atom. The van der Waals surface area contributed by atoms with Gasteiger partial charge in [0.25, 0.3) is 5.78 Å². The van der Waals surface area contributed by atoms with E-state index in [0.717, 1.165) is 25.2 Å². The van der Waals surface area contributed by atoms with Gasteiger partial charge in [-0.1, -0.05) is 26.7 Å². The largest absolute Gasteiger partial charge is 0.381 e.